The van der Waals surface area contributed by atoms with Gasteiger partial charge < -0.3 is 16.0 Å². The highest BCUT2D eigenvalue weighted by atomic mass is 19.4. The predicted octanol–water partition coefficient (Wildman–Crippen LogP) is 0.00310. The van der Waals surface area contributed by atoms with Gasteiger partial charge in [-0.2, -0.15) is 13.2 Å². The summed E-state index contributed by atoms with van der Waals surface area (Å²) in [5.74, 6) is -1.24. The van der Waals surface area contributed by atoms with Gasteiger partial charge in [-0.1, -0.05) is 0 Å². The van der Waals surface area contributed by atoms with Gasteiger partial charge in [-0.3, -0.25) is 9.59 Å². The maximum atomic E-state index is 12.2. The van der Waals surface area contributed by atoms with Gasteiger partial charge >= 0.3 is 6.18 Å². The summed E-state index contributed by atoms with van der Waals surface area (Å²) in [7, 11) is 0. The molecule has 5 nitrogen and oxygen atoms in total. The molecule has 0 aliphatic carbocycles. The Hall–Kier alpha value is -1.31. The number of piperidine rings is 1. The Labute approximate surface area is 102 Å². The van der Waals surface area contributed by atoms with E-state index in [1.807, 2.05) is 0 Å². The second kappa shape index (κ2) is 5.55. The van der Waals surface area contributed by atoms with Gasteiger partial charge in [0.1, 0.15) is 12.6 Å². The van der Waals surface area contributed by atoms with E-state index in [1.54, 1.807) is 0 Å². The molecule has 0 aromatic rings. The highest BCUT2D eigenvalue weighted by Crippen LogP contribution is 2.20. The van der Waals surface area contributed by atoms with Crippen LogP contribution < -0.4 is 11.1 Å². The summed E-state index contributed by atoms with van der Waals surface area (Å²) >= 11 is 0. The molecule has 1 fully saturated rings. The van der Waals surface area contributed by atoms with Gasteiger partial charge in [-0.25, -0.2) is 0 Å². The number of nitrogens with two attached hydrogens (primary N) is 1. The highest BCUT2D eigenvalue weighted by molar-refractivity contribution is 5.89. The zero-order valence-electron chi connectivity index (χ0n) is 9.96. The monoisotopic (exact) mass is 267 g/mol. The fraction of sp³-hybridized carbons (Fsp3) is 0.800. The number of halogens is 3. The Balaban J connectivity index is 2.61. The van der Waals surface area contributed by atoms with Crippen LogP contribution in [-0.4, -0.2) is 48.1 Å². The Kier molecular flexibility index (Phi) is 4.55. The number of alkyl halides is 3. The SMILES string of the molecule is CC(N)C(=O)NC1CCCN(CC(F)(F)F)C1=O. The van der Waals surface area contributed by atoms with E-state index < -0.39 is 36.6 Å². The van der Waals surface area contributed by atoms with E-state index >= 15 is 0 Å². The number of rotatable bonds is 3. The van der Waals surface area contributed by atoms with Crippen LogP contribution in [0.4, 0.5) is 13.2 Å². The summed E-state index contributed by atoms with van der Waals surface area (Å²) in [6.45, 7) is 0.218. The van der Waals surface area contributed by atoms with Gasteiger partial charge in [0.15, 0.2) is 0 Å². The first-order valence-corrected chi connectivity index (χ1v) is 5.62. The summed E-state index contributed by atoms with van der Waals surface area (Å²) in [5.41, 5.74) is 5.32. The summed E-state index contributed by atoms with van der Waals surface area (Å²) < 4.78 is 36.7. The van der Waals surface area contributed by atoms with Crippen LogP contribution in [0.3, 0.4) is 0 Å². The molecule has 0 aromatic heterocycles. The minimum absolute atomic E-state index is 0.0584. The summed E-state index contributed by atoms with van der Waals surface area (Å²) in [4.78, 5) is 23.8. The van der Waals surface area contributed by atoms with Crippen molar-refractivity contribution in [3.05, 3.63) is 0 Å². The standard InChI is InChI=1S/C10H16F3N3O2/c1-6(14)8(17)15-7-3-2-4-16(9(7)18)5-10(11,12)13/h6-7H,2-5,14H2,1H3,(H,15,17). The van der Waals surface area contributed by atoms with E-state index in [4.69, 9.17) is 5.73 Å². The Morgan fingerprint density at radius 1 is 1.61 bits per heavy atom. The number of likely N-dealkylation sites (tertiary alicyclic amines) is 1. The van der Waals surface area contributed by atoms with Crippen LogP contribution in [-0.2, 0) is 9.59 Å². The number of nitrogens with one attached hydrogen (secondary N) is 1. The summed E-state index contributed by atoms with van der Waals surface area (Å²) in [5, 5.41) is 2.36. The minimum atomic E-state index is -4.43. The number of nitrogens with zero attached hydrogens (tertiary/aromatic N) is 1. The molecule has 0 aromatic carbocycles. The van der Waals surface area contributed by atoms with Crippen molar-refractivity contribution in [3.8, 4) is 0 Å². The Bertz CT molecular complexity index is 331. The van der Waals surface area contributed by atoms with Crippen molar-refractivity contribution in [1.29, 1.82) is 0 Å². The third-order valence-electron chi connectivity index (χ3n) is 2.63. The van der Waals surface area contributed by atoms with E-state index in [-0.39, 0.29) is 6.54 Å². The summed E-state index contributed by atoms with van der Waals surface area (Å²) in [6, 6.07) is -1.70. The molecule has 8 heteroatoms. The molecule has 18 heavy (non-hydrogen) atoms. The average molecular weight is 267 g/mol. The topological polar surface area (TPSA) is 75.4 Å². The van der Waals surface area contributed by atoms with Crippen LogP contribution in [0.2, 0.25) is 0 Å². The van der Waals surface area contributed by atoms with Crippen molar-refractivity contribution in [2.24, 2.45) is 5.73 Å². The number of hydrogen-bond acceptors (Lipinski definition) is 3. The van der Waals surface area contributed by atoms with Gasteiger partial charge in [-0.05, 0) is 19.8 Å². The lowest BCUT2D eigenvalue weighted by Gasteiger charge is -2.33. The fourth-order valence-corrected chi connectivity index (χ4v) is 1.75. The van der Waals surface area contributed by atoms with E-state index in [2.05, 4.69) is 5.32 Å². The zero-order valence-corrected chi connectivity index (χ0v) is 9.96. The molecule has 1 saturated heterocycles. The van der Waals surface area contributed by atoms with Crippen LogP contribution in [0.25, 0.3) is 0 Å². The number of carbonyl (C=O) groups excluding carboxylic acids is 2. The van der Waals surface area contributed by atoms with Gasteiger partial charge in [0.25, 0.3) is 0 Å². The smallest absolute Gasteiger partial charge is 0.343 e. The molecule has 0 spiro atoms. The van der Waals surface area contributed by atoms with Crippen molar-refractivity contribution < 1.29 is 22.8 Å². The Morgan fingerprint density at radius 2 is 2.22 bits per heavy atom. The van der Waals surface area contributed by atoms with Crippen LogP contribution in [0.5, 0.6) is 0 Å². The van der Waals surface area contributed by atoms with Gasteiger partial charge in [-0.15, -0.1) is 0 Å². The third kappa shape index (κ3) is 4.17. The number of hydrogen-bond donors (Lipinski definition) is 2. The molecule has 1 aliphatic heterocycles. The molecule has 104 valence electrons. The largest absolute Gasteiger partial charge is 0.406 e. The second-order valence-corrected chi connectivity index (χ2v) is 4.37. The van der Waals surface area contributed by atoms with Gasteiger partial charge in [0.05, 0.1) is 6.04 Å². The zero-order chi connectivity index (χ0) is 13.9. The average Bonchev–Trinajstić information content (AvgIpc) is 2.21. The molecule has 1 heterocycles. The molecule has 0 bridgehead atoms. The van der Waals surface area contributed by atoms with Crippen molar-refractivity contribution in [2.45, 2.75) is 38.0 Å². The molecule has 2 amide bonds. The molecule has 1 aliphatic rings. The van der Waals surface area contributed by atoms with E-state index in [0.717, 1.165) is 4.90 Å². The van der Waals surface area contributed by atoms with Crippen LogP contribution in [0.15, 0.2) is 0 Å². The van der Waals surface area contributed by atoms with Crippen molar-refractivity contribution in [3.63, 3.8) is 0 Å². The van der Waals surface area contributed by atoms with Crippen molar-refractivity contribution in [2.75, 3.05) is 13.1 Å². The molecular weight excluding hydrogens is 251 g/mol. The highest BCUT2D eigenvalue weighted by Gasteiger charge is 2.37. The van der Waals surface area contributed by atoms with Gasteiger partial charge in [0.2, 0.25) is 11.8 Å². The fourth-order valence-electron chi connectivity index (χ4n) is 1.75. The first-order valence-electron chi connectivity index (χ1n) is 5.62. The lowest BCUT2D eigenvalue weighted by atomic mass is 10.0. The minimum Gasteiger partial charge on any atom is -0.343 e. The molecule has 1 rings (SSSR count). The number of carbonyl (C=O) groups is 2. The van der Waals surface area contributed by atoms with Crippen LogP contribution >= 0.6 is 0 Å². The van der Waals surface area contributed by atoms with Crippen molar-refractivity contribution >= 4 is 11.8 Å². The maximum Gasteiger partial charge on any atom is 0.406 e. The Morgan fingerprint density at radius 3 is 2.72 bits per heavy atom. The predicted molar refractivity (Wildman–Crippen MR) is 57.4 cm³/mol. The third-order valence-corrected chi connectivity index (χ3v) is 2.63. The van der Waals surface area contributed by atoms with Crippen LogP contribution in [0.1, 0.15) is 19.8 Å². The van der Waals surface area contributed by atoms with E-state index in [1.165, 1.54) is 6.92 Å². The van der Waals surface area contributed by atoms with E-state index in [9.17, 15) is 22.8 Å². The molecule has 2 unspecified atom stereocenters. The number of amides is 2. The first kappa shape index (κ1) is 14.7. The second-order valence-electron chi connectivity index (χ2n) is 4.37. The van der Waals surface area contributed by atoms with Crippen molar-refractivity contribution in [1.82, 2.24) is 10.2 Å². The quantitative estimate of drug-likeness (QED) is 0.756. The van der Waals surface area contributed by atoms with Gasteiger partial charge in [0, 0.05) is 6.54 Å². The molecule has 0 radical (unpaired) electrons. The molecule has 2 atom stereocenters. The molecular formula is C10H16F3N3O2. The molecule has 3 N–H and O–H groups in total. The maximum absolute atomic E-state index is 12.2. The lowest BCUT2D eigenvalue weighted by Crippen LogP contribution is -2.56. The van der Waals surface area contributed by atoms with Crippen LogP contribution in [0, 0.1) is 0 Å². The first-order chi connectivity index (χ1) is 8.20. The normalized spacial score (nSPS) is 22.8. The lowest BCUT2D eigenvalue weighted by molar-refractivity contribution is -0.165. The van der Waals surface area contributed by atoms with E-state index in [0.29, 0.717) is 12.8 Å². The summed E-state index contributed by atoms with van der Waals surface area (Å²) in [6.07, 6.45) is -3.67. The molecule has 0 saturated carbocycles.